The average molecular weight is 393 g/mol. The number of hydrogen-bond donors (Lipinski definition) is 2. The molecule has 1 aliphatic heterocycles. The van der Waals surface area contributed by atoms with E-state index in [-0.39, 0.29) is 5.56 Å². The second kappa shape index (κ2) is 6.38. The highest BCUT2D eigenvalue weighted by atomic mass is 32.2. The predicted molar refractivity (Wildman–Crippen MR) is 93.9 cm³/mol. The minimum atomic E-state index is -4.26. The Hall–Kier alpha value is -2.88. The maximum Gasteiger partial charge on any atom is 0.326 e. The van der Waals surface area contributed by atoms with Gasteiger partial charge in [0.2, 0.25) is 5.88 Å². The Morgan fingerprint density at radius 1 is 1.33 bits per heavy atom. The molecule has 0 unspecified atom stereocenters. The summed E-state index contributed by atoms with van der Waals surface area (Å²) >= 11 is 0. The van der Waals surface area contributed by atoms with E-state index >= 15 is 4.39 Å². The van der Waals surface area contributed by atoms with Crippen LogP contribution in [-0.4, -0.2) is 37.6 Å². The van der Waals surface area contributed by atoms with E-state index in [1.54, 1.807) is 16.9 Å². The van der Waals surface area contributed by atoms with Crippen LogP contribution in [0.5, 0.6) is 11.6 Å². The molecule has 27 heavy (non-hydrogen) atoms. The molecule has 2 aromatic rings. The molecule has 0 radical (unpaired) electrons. The quantitative estimate of drug-likeness (QED) is 0.798. The number of nitrogens with zero attached hydrogens (tertiary/aromatic N) is 2. The Bertz CT molecular complexity index is 1020. The van der Waals surface area contributed by atoms with Gasteiger partial charge in [0.05, 0.1) is 6.61 Å². The number of phenols is 1. The molecule has 8 nitrogen and oxygen atoms in total. The number of benzene rings is 1. The lowest BCUT2D eigenvalue weighted by Gasteiger charge is -2.18. The molecule has 1 saturated heterocycles. The predicted octanol–water partition coefficient (Wildman–Crippen LogP) is 1.56. The van der Waals surface area contributed by atoms with Gasteiger partial charge in [0.25, 0.3) is 5.91 Å². The van der Waals surface area contributed by atoms with Gasteiger partial charge in [-0.1, -0.05) is 0 Å². The van der Waals surface area contributed by atoms with Crippen LogP contribution in [0.3, 0.4) is 0 Å². The third-order valence-corrected chi connectivity index (χ3v) is 5.75. The number of aromatic nitrogens is 1. The summed E-state index contributed by atoms with van der Waals surface area (Å²) in [5, 5.41) is 10.0. The lowest BCUT2D eigenvalue weighted by atomic mass is 10.0. The number of aromatic hydroxyl groups is 1. The lowest BCUT2D eigenvalue weighted by molar-refractivity contribution is -0.117. The monoisotopic (exact) mass is 393 g/mol. The Kier molecular flexibility index (Phi) is 4.14. The third-order valence-electron chi connectivity index (χ3n) is 4.37. The van der Waals surface area contributed by atoms with Crippen molar-refractivity contribution in [3.8, 4) is 22.8 Å². The third kappa shape index (κ3) is 3.39. The second-order valence-electron chi connectivity index (χ2n) is 6.47. The van der Waals surface area contributed by atoms with Gasteiger partial charge >= 0.3 is 10.2 Å². The zero-order chi connectivity index (χ0) is 19.2. The van der Waals surface area contributed by atoms with Crippen molar-refractivity contribution in [3.63, 3.8) is 0 Å². The molecule has 1 aromatic heterocycles. The van der Waals surface area contributed by atoms with Crippen molar-refractivity contribution in [2.45, 2.75) is 12.8 Å². The summed E-state index contributed by atoms with van der Waals surface area (Å²) in [5.74, 6) is -1.50. The molecule has 0 bridgehead atoms. The topological polar surface area (TPSA) is 109 Å². The fourth-order valence-corrected chi connectivity index (χ4v) is 3.97. The number of nitrogens with one attached hydrogen (secondary N) is 1. The summed E-state index contributed by atoms with van der Waals surface area (Å²) in [6.07, 6.45) is 3.70. The number of carbonyl (C=O) groups excluding carboxylic acids is 1. The van der Waals surface area contributed by atoms with Crippen LogP contribution in [0.4, 0.5) is 10.1 Å². The van der Waals surface area contributed by atoms with E-state index in [0.29, 0.717) is 28.3 Å². The van der Waals surface area contributed by atoms with E-state index in [9.17, 15) is 18.3 Å². The number of phenolic OH excluding ortho intramolecular Hbond substituents is 1. The van der Waals surface area contributed by atoms with Crippen molar-refractivity contribution in [1.29, 1.82) is 0 Å². The SMILES string of the molecule is O=C1CN(c2c(O)ccc(-c3ccnc(OCC4CC4)c3)c2F)S(=O)(=O)N1. The van der Waals surface area contributed by atoms with Crippen LogP contribution in [-0.2, 0) is 15.0 Å². The number of anilines is 1. The van der Waals surface area contributed by atoms with E-state index in [4.69, 9.17) is 4.74 Å². The van der Waals surface area contributed by atoms with Crippen LogP contribution in [0.2, 0.25) is 0 Å². The summed E-state index contributed by atoms with van der Waals surface area (Å²) in [6, 6.07) is 5.60. The standard InChI is InChI=1S/C17H16FN3O5S/c18-16-12(11-5-6-19-15(7-11)26-9-10-1-2-10)3-4-13(22)17(16)21-8-14(23)20-27(21,24)25/h3-7,10,22H,1-2,8-9H2,(H,20,23). The van der Waals surface area contributed by atoms with Crippen molar-refractivity contribution in [3.05, 3.63) is 36.3 Å². The first-order chi connectivity index (χ1) is 12.8. The highest BCUT2D eigenvalue weighted by Crippen LogP contribution is 2.39. The van der Waals surface area contributed by atoms with Crippen LogP contribution < -0.4 is 13.8 Å². The van der Waals surface area contributed by atoms with Gasteiger partial charge in [-0.2, -0.15) is 8.42 Å². The highest BCUT2D eigenvalue weighted by Gasteiger charge is 2.38. The molecular weight excluding hydrogens is 377 g/mol. The van der Waals surface area contributed by atoms with Crippen molar-refractivity contribution >= 4 is 21.8 Å². The minimum absolute atomic E-state index is 0.0519. The van der Waals surface area contributed by atoms with Crippen LogP contribution >= 0.6 is 0 Å². The van der Waals surface area contributed by atoms with Gasteiger partial charge in [-0.3, -0.25) is 4.79 Å². The van der Waals surface area contributed by atoms with Crippen molar-refractivity contribution in [1.82, 2.24) is 9.71 Å². The summed E-state index contributed by atoms with van der Waals surface area (Å²) in [4.78, 5) is 15.5. The van der Waals surface area contributed by atoms with Crippen molar-refractivity contribution in [2.24, 2.45) is 5.92 Å². The maximum absolute atomic E-state index is 15.1. The zero-order valence-corrected chi connectivity index (χ0v) is 14.9. The fourth-order valence-electron chi connectivity index (χ4n) is 2.80. The number of ether oxygens (including phenoxy) is 1. The Morgan fingerprint density at radius 3 is 2.78 bits per heavy atom. The molecule has 2 fully saturated rings. The highest BCUT2D eigenvalue weighted by molar-refractivity contribution is 7.92. The molecule has 4 rings (SSSR count). The Balaban J connectivity index is 1.72. The van der Waals surface area contributed by atoms with Gasteiger partial charge < -0.3 is 9.84 Å². The van der Waals surface area contributed by atoms with E-state index in [0.717, 1.165) is 12.8 Å². The largest absolute Gasteiger partial charge is 0.506 e. The first kappa shape index (κ1) is 17.5. The first-order valence-corrected chi connectivity index (χ1v) is 9.73. The number of amides is 1. The molecule has 0 atom stereocenters. The van der Waals surface area contributed by atoms with Gasteiger partial charge in [0.1, 0.15) is 18.0 Å². The summed E-state index contributed by atoms with van der Waals surface area (Å²) in [6.45, 7) is -0.0675. The Morgan fingerprint density at radius 2 is 2.11 bits per heavy atom. The van der Waals surface area contributed by atoms with E-state index in [1.807, 2.05) is 0 Å². The lowest BCUT2D eigenvalue weighted by Crippen LogP contribution is -2.30. The number of rotatable bonds is 5. The number of carbonyl (C=O) groups is 1. The van der Waals surface area contributed by atoms with E-state index in [1.165, 1.54) is 18.3 Å². The summed E-state index contributed by atoms with van der Waals surface area (Å²) < 4.78 is 47.0. The van der Waals surface area contributed by atoms with Crippen LogP contribution in [0, 0.1) is 11.7 Å². The van der Waals surface area contributed by atoms with Crippen molar-refractivity contribution in [2.75, 3.05) is 17.5 Å². The normalized spacial score (nSPS) is 18.4. The second-order valence-corrected chi connectivity index (χ2v) is 8.06. The smallest absolute Gasteiger partial charge is 0.326 e. The van der Waals surface area contributed by atoms with Gasteiger partial charge in [0, 0.05) is 17.8 Å². The molecule has 1 aliphatic carbocycles. The maximum atomic E-state index is 15.1. The van der Waals surface area contributed by atoms with Crippen LogP contribution in [0.1, 0.15) is 12.8 Å². The van der Waals surface area contributed by atoms with Gasteiger partial charge in [0.15, 0.2) is 5.82 Å². The molecule has 2 N–H and O–H groups in total. The minimum Gasteiger partial charge on any atom is -0.506 e. The van der Waals surface area contributed by atoms with Crippen LogP contribution in [0.15, 0.2) is 30.5 Å². The molecule has 0 spiro atoms. The van der Waals surface area contributed by atoms with Crippen LogP contribution in [0.25, 0.3) is 11.1 Å². The molecule has 1 amide bonds. The van der Waals surface area contributed by atoms with Gasteiger partial charge in [-0.15, -0.1) is 0 Å². The molecular formula is C17H16FN3O5S. The molecule has 142 valence electrons. The van der Waals surface area contributed by atoms with Gasteiger partial charge in [-0.05, 0) is 42.5 Å². The molecule has 2 heterocycles. The molecule has 10 heteroatoms. The van der Waals surface area contributed by atoms with E-state index < -0.39 is 39.9 Å². The van der Waals surface area contributed by atoms with Crippen molar-refractivity contribution < 1.29 is 27.4 Å². The molecule has 1 aromatic carbocycles. The molecule has 1 saturated carbocycles. The zero-order valence-electron chi connectivity index (χ0n) is 14.1. The summed E-state index contributed by atoms with van der Waals surface area (Å²) in [5.41, 5.74) is -0.121. The first-order valence-electron chi connectivity index (χ1n) is 8.29. The Labute approximate surface area is 154 Å². The fraction of sp³-hybridized carbons (Fsp3) is 0.294. The number of pyridine rings is 1. The number of halogens is 1. The summed E-state index contributed by atoms with van der Waals surface area (Å²) in [7, 11) is -4.26. The van der Waals surface area contributed by atoms with E-state index in [2.05, 4.69) is 4.98 Å². The average Bonchev–Trinajstić information content (AvgIpc) is 3.39. The van der Waals surface area contributed by atoms with Gasteiger partial charge in [-0.25, -0.2) is 18.4 Å². The number of hydrogen-bond acceptors (Lipinski definition) is 6. The molecule has 2 aliphatic rings.